The Morgan fingerprint density at radius 3 is 2.65 bits per heavy atom. The van der Waals surface area contributed by atoms with Gasteiger partial charge >= 0.3 is 18.1 Å². The number of carbonyl (C=O) groups excluding carboxylic acids is 2. The lowest BCUT2D eigenvalue weighted by Crippen LogP contribution is -2.42. The molecule has 0 bridgehead atoms. The molecule has 0 amide bonds. The van der Waals surface area contributed by atoms with E-state index in [0.717, 1.165) is 6.07 Å². The van der Waals surface area contributed by atoms with Crippen LogP contribution in [0.1, 0.15) is 49.7 Å². The van der Waals surface area contributed by atoms with E-state index in [1.807, 2.05) is 0 Å². The molecule has 31 heavy (non-hydrogen) atoms. The zero-order chi connectivity index (χ0) is 23.1. The third-order valence-corrected chi connectivity index (χ3v) is 4.99. The fourth-order valence-corrected chi connectivity index (χ4v) is 3.34. The number of hydrogen-bond acceptors (Lipinski definition) is 6. The number of ether oxygens (including phenoxy) is 2. The number of hydrogen-bond donors (Lipinski definition) is 0. The van der Waals surface area contributed by atoms with Crippen LogP contribution in [-0.2, 0) is 30.1 Å². The fourth-order valence-electron chi connectivity index (χ4n) is 3.17. The van der Waals surface area contributed by atoms with Crippen LogP contribution in [0.15, 0.2) is 29.4 Å². The normalized spacial score (nSPS) is 18.6. The summed E-state index contributed by atoms with van der Waals surface area (Å²) >= 11 is 5.67. The van der Waals surface area contributed by atoms with Crippen molar-refractivity contribution in [3.05, 3.63) is 40.4 Å². The van der Waals surface area contributed by atoms with E-state index in [1.54, 1.807) is 6.08 Å². The molecule has 0 radical (unpaired) electrons. The van der Waals surface area contributed by atoms with Crippen molar-refractivity contribution in [3.63, 3.8) is 0 Å². The van der Waals surface area contributed by atoms with E-state index in [0.29, 0.717) is 31.4 Å². The monoisotopic (exact) mass is 461 g/mol. The molecule has 1 unspecified atom stereocenters. The summed E-state index contributed by atoms with van der Waals surface area (Å²) in [5.41, 5.74) is -1.63. The average Bonchev–Trinajstić information content (AvgIpc) is 3.13. The van der Waals surface area contributed by atoms with Crippen LogP contribution in [0, 0.1) is 0 Å². The molecule has 170 valence electrons. The van der Waals surface area contributed by atoms with Gasteiger partial charge in [-0.1, -0.05) is 35.0 Å². The largest absolute Gasteiger partial charge is 0.469 e. The van der Waals surface area contributed by atoms with Crippen LogP contribution in [0.5, 0.6) is 0 Å². The number of unbranched alkanes of at least 4 members (excludes halogenated alkanes) is 2. The Hall–Kier alpha value is -2.55. The number of alkyl halides is 3. The maximum Gasteiger partial charge on any atom is 0.417 e. The summed E-state index contributed by atoms with van der Waals surface area (Å²) in [6.45, 7) is 0. The highest BCUT2D eigenvalue weighted by molar-refractivity contribution is 6.30. The van der Waals surface area contributed by atoms with Crippen molar-refractivity contribution in [1.29, 1.82) is 0 Å². The maximum atomic E-state index is 13.1. The van der Waals surface area contributed by atoms with Crippen LogP contribution < -0.4 is 0 Å². The Bertz CT molecular complexity index is 869. The minimum absolute atomic E-state index is 0.0271. The lowest BCUT2D eigenvalue weighted by atomic mass is 9.92. The number of methoxy groups -OCH3 is 2. The number of oxime groups is 1. The SMILES string of the molecule is COC(=O)CC1(C(=O)OC)CC(CCCCC=Cc2ccc(Cl)cc2C(F)(F)F)=NO1. The van der Waals surface area contributed by atoms with Crippen LogP contribution in [0.25, 0.3) is 6.08 Å². The first-order valence-electron chi connectivity index (χ1n) is 9.54. The summed E-state index contributed by atoms with van der Waals surface area (Å²) in [5, 5.41) is 3.94. The van der Waals surface area contributed by atoms with Crippen molar-refractivity contribution in [2.24, 2.45) is 5.16 Å². The van der Waals surface area contributed by atoms with Crippen molar-refractivity contribution in [3.8, 4) is 0 Å². The standard InChI is InChI=1S/C21H23ClF3NO5/c1-29-18(27)13-20(19(28)30-2)12-16(26-31-20)8-6-4-3-5-7-14-9-10-15(22)11-17(14)21(23,24)25/h5,7,9-11H,3-4,6,8,12-13H2,1-2H3. The summed E-state index contributed by atoms with van der Waals surface area (Å²) in [6, 6.07) is 3.65. The van der Waals surface area contributed by atoms with E-state index in [9.17, 15) is 22.8 Å². The average molecular weight is 462 g/mol. The van der Waals surface area contributed by atoms with E-state index in [4.69, 9.17) is 21.2 Å². The van der Waals surface area contributed by atoms with Gasteiger partial charge in [-0.2, -0.15) is 13.2 Å². The van der Waals surface area contributed by atoms with E-state index < -0.39 is 29.3 Å². The van der Waals surface area contributed by atoms with Crippen molar-refractivity contribution in [2.45, 2.75) is 50.3 Å². The zero-order valence-corrected chi connectivity index (χ0v) is 17.9. The first-order chi connectivity index (χ1) is 14.6. The van der Waals surface area contributed by atoms with Gasteiger partial charge in [-0.3, -0.25) is 4.79 Å². The first-order valence-corrected chi connectivity index (χ1v) is 9.91. The summed E-state index contributed by atoms with van der Waals surface area (Å²) in [4.78, 5) is 28.9. The molecule has 1 aliphatic heterocycles. The first kappa shape index (κ1) is 24.7. The Labute approximate surface area is 183 Å². The molecule has 0 saturated carbocycles. The van der Waals surface area contributed by atoms with Gasteiger partial charge in [0.15, 0.2) is 0 Å². The quantitative estimate of drug-likeness (QED) is 0.374. The number of allylic oxidation sites excluding steroid dienone is 1. The molecule has 2 rings (SSSR count). The third-order valence-electron chi connectivity index (χ3n) is 4.76. The van der Waals surface area contributed by atoms with Crippen molar-refractivity contribution in [1.82, 2.24) is 0 Å². The number of halogens is 4. The Morgan fingerprint density at radius 1 is 1.26 bits per heavy atom. The van der Waals surface area contributed by atoms with Gasteiger partial charge in [0.2, 0.25) is 5.60 Å². The predicted octanol–water partition coefficient (Wildman–Crippen LogP) is 5.18. The van der Waals surface area contributed by atoms with Gasteiger partial charge < -0.3 is 14.3 Å². The smallest absolute Gasteiger partial charge is 0.417 e. The van der Waals surface area contributed by atoms with E-state index in [-0.39, 0.29) is 23.4 Å². The second-order valence-electron chi connectivity index (χ2n) is 7.04. The van der Waals surface area contributed by atoms with Gasteiger partial charge in [-0.15, -0.1) is 0 Å². The zero-order valence-electron chi connectivity index (χ0n) is 17.1. The highest BCUT2D eigenvalue weighted by Gasteiger charge is 2.49. The van der Waals surface area contributed by atoms with Crippen molar-refractivity contribution in [2.75, 3.05) is 14.2 Å². The molecule has 6 nitrogen and oxygen atoms in total. The van der Waals surface area contributed by atoms with E-state index >= 15 is 0 Å². The Balaban J connectivity index is 1.85. The molecule has 1 aromatic rings. The van der Waals surface area contributed by atoms with Crippen LogP contribution in [0.2, 0.25) is 5.02 Å². The van der Waals surface area contributed by atoms with Crippen molar-refractivity contribution < 1.29 is 37.1 Å². The number of esters is 2. The van der Waals surface area contributed by atoms with Crippen LogP contribution in [-0.4, -0.2) is 37.5 Å². The second kappa shape index (κ2) is 10.7. The van der Waals surface area contributed by atoms with Gasteiger partial charge in [0.25, 0.3) is 0 Å². The highest BCUT2D eigenvalue weighted by atomic mass is 35.5. The summed E-state index contributed by atoms with van der Waals surface area (Å²) in [7, 11) is 2.40. The van der Waals surface area contributed by atoms with Crippen LogP contribution in [0.3, 0.4) is 0 Å². The van der Waals surface area contributed by atoms with Crippen LogP contribution >= 0.6 is 11.6 Å². The molecule has 0 N–H and O–H groups in total. The molecular weight excluding hydrogens is 439 g/mol. The summed E-state index contributed by atoms with van der Waals surface area (Å²) in [6.07, 6.45) is 0.845. The van der Waals surface area contributed by atoms with E-state index in [2.05, 4.69) is 9.89 Å². The molecule has 1 heterocycles. The third kappa shape index (κ3) is 6.72. The fraction of sp³-hybridized carbons (Fsp3) is 0.476. The molecule has 1 aromatic carbocycles. The number of carbonyl (C=O) groups is 2. The van der Waals surface area contributed by atoms with Gasteiger partial charge in [0.05, 0.1) is 31.9 Å². The van der Waals surface area contributed by atoms with Gasteiger partial charge in [0.1, 0.15) is 0 Å². The molecule has 0 aromatic heterocycles. The van der Waals surface area contributed by atoms with Crippen LogP contribution in [0.4, 0.5) is 13.2 Å². The topological polar surface area (TPSA) is 74.2 Å². The lowest BCUT2D eigenvalue weighted by Gasteiger charge is -2.22. The molecule has 1 aliphatic rings. The molecule has 10 heteroatoms. The molecule has 1 atom stereocenters. The summed E-state index contributed by atoms with van der Waals surface area (Å²) < 4.78 is 48.6. The number of rotatable bonds is 9. The lowest BCUT2D eigenvalue weighted by molar-refractivity contribution is -0.173. The van der Waals surface area contributed by atoms with Gasteiger partial charge in [-0.05, 0) is 43.4 Å². The maximum absolute atomic E-state index is 13.1. The molecule has 0 saturated heterocycles. The highest BCUT2D eigenvalue weighted by Crippen LogP contribution is 2.34. The molecule has 0 aliphatic carbocycles. The molecule has 0 fully saturated rings. The molecular formula is C21H23ClF3NO5. The summed E-state index contributed by atoms with van der Waals surface area (Å²) in [5.74, 6) is -1.32. The minimum Gasteiger partial charge on any atom is -0.469 e. The minimum atomic E-state index is -4.48. The Morgan fingerprint density at radius 2 is 2.00 bits per heavy atom. The number of benzene rings is 1. The second-order valence-corrected chi connectivity index (χ2v) is 7.48. The van der Waals surface area contributed by atoms with Gasteiger partial charge in [-0.25, -0.2) is 4.79 Å². The number of nitrogens with zero attached hydrogens (tertiary/aromatic N) is 1. The van der Waals surface area contributed by atoms with Crippen molar-refractivity contribution >= 4 is 35.3 Å². The predicted molar refractivity (Wildman–Crippen MR) is 108 cm³/mol. The molecule has 0 spiro atoms. The van der Waals surface area contributed by atoms with E-state index in [1.165, 1.54) is 32.4 Å². The van der Waals surface area contributed by atoms with Gasteiger partial charge in [0, 0.05) is 11.4 Å². The Kier molecular flexibility index (Phi) is 8.50.